The number of likely N-dealkylation sites (tertiary alicyclic amines) is 1. The SMILES string of the molecule is CCNCC(C)C(=O)N1CCC(C)(O)CC1. The molecule has 16 heavy (non-hydrogen) atoms. The molecule has 0 aliphatic carbocycles. The molecule has 1 aliphatic rings. The second kappa shape index (κ2) is 5.64. The summed E-state index contributed by atoms with van der Waals surface area (Å²) in [7, 11) is 0. The van der Waals surface area contributed by atoms with Crippen LogP contribution in [-0.4, -0.2) is 47.7 Å². The molecule has 4 nitrogen and oxygen atoms in total. The van der Waals surface area contributed by atoms with Crippen molar-refractivity contribution < 1.29 is 9.90 Å². The summed E-state index contributed by atoms with van der Waals surface area (Å²) in [5.41, 5.74) is -0.582. The fourth-order valence-corrected chi connectivity index (χ4v) is 1.97. The molecule has 0 bridgehead atoms. The van der Waals surface area contributed by atoms with Crippen molar-refractivity contribution in [1.82, 2.24) is 10.2 Å². The number of hydrogen-bond acceptors (Lipinski definition) is 3. The minimum absolute atomic E-state index is 0.0306. The summed E-state index contributed by atoms with van der Waals surface area (Å²) in [6.45, 7) is 8.84. The molecular formula is C12H24N2O2. The first kappa shape index (κ1) is 13.5. The normalized spacial score (nSPS) is 21.9. The van der Waals surface area contributed by atoms with Gasteiger partial charge in [0.1, 0.15) is 0 Å². The Bertz CT molecular complexity index is 231. The maximum Gasteiger partial charge on any atom is 0.226 e. The van der Waals surface area contributed by atoms with E-state index in [0.29, 0.717) is 25.9 Å². The average molecular weight is 228 g/mol. The van der Waals surface area contributed by atoms with Crippen molar-refractivity contribution in [3.63, 3.8) is 0 Å². The number of hydrogen-bond donors (Lipinski definition) is 2. The zero-order valence-corrected chi connectivity index (χ0v) is 10.6. The van der Waals surface area contributed by atoms with Crippen LogP contribution in [0.2, 0.25) is 0 Å². The number of carbonyl (C=O) groups is 1. The number of aliphatic hydroxyl groups is 1. The van der Waals surface area contributed by atoms with Crippen LogP contribution in [0.15, 0.2) is 0 Å². The molecule has 1 heterocycles. The second-order valence-electron chi connectivity index (χ2n) is 5.03. The van der Waals surface area contributed by atoms with Crippen molar-refractivity contribution in [2.75, 3.05) is 26.2 Å². The van der Waals surface area contributed by atoms with Gasteiger partial charge in [-0.3, -0.25) is 4.79 Å². The molecule has 1 rings (SSSR count). The van der Waals surface area contributed by atoms with Gasteiger partial charge in [-0.2, -0.15) is 0 Å². The molecule has 1 fully saturated rings. The minimum atomic E-state index is -0.582. The Morgan fingerprint density at radius 3 is 2.56 bits per heavy atom. The van der Waals surface area contributed by atoms with Gasteiger partial charge in [0.15, 0.2) is 0 Å². The largest absolute Gasteiger partial charge is 0.390 e. The van der Waals surface area contributed by atoms with Crippen molar-refractivity contribution >= 4 is 5.91 Å². The van der Waals surface area contributed by atoms with Gasteiger partial charge in [-0.25, -0.2) is 0 Å². The molecule has 0 aromatic carbocycles. The van der Waals surface area contributed by atoms with Gasteiger partial charge in [0.2, 0.25) is 5.91 Å². The second-order valence-corrected chi connectivity index (χ2v) is 5.03. The fraction of sp³-hybridized carbons (Fsp3) is 0.917. The van der Waals surface area contributed by atoms with Crippen LogP contribution in [-0.2, 0) is 4.79 Å². The van der Waals surface area contributed by atoms with Crippen LogP contribution in [0.25, 0.3) is 0 Å². The Labute approximate surface area is 98.0 Å². The van der Waals surface area contributed by atoms with Crippen molar-refractivity contribution in [2.45, 2.75) is 39.2 Å². The van der Waals surface area contributed by atoms with E-state index >= 15 is 0 Å². The molecule has 0 saturated carbocycles. The van der Waals surface area contributed by atoms with Crippen LogP contribution in [0.5, 0.6) is 0 Å². The van der Waals surface area contributed by atoms with Gasteiger partial charge in [-0.1, -0.05) is 13.8 Å². The van der Waals surface area contributed by atoms with E-state index in [4.69, 9.17) is 0 Å². The molecular weight excluding hydrogens is 204 g/mol. The zero-order chi connectivity index (χ0) is 12.2. The van der Waals surface area contributed by atoms with Crippen molar-refractivity contribution in [1.29, 1.82) is 0 Å². The molecule has 1 aliphatic heterocycles. The van der Waals surface area contributed by atoms with Gasteiger partial charge in [-0.05, 0) is 26.3 Å². The van der Waals surface area contributed by atoms with E-state index in [9.17, 15) is 9.90 Å². The molecule has 0 radical (unpaired) electrons. The van der Waals surface area contributed by atoms with Crippen molar-refractivity contribution in [3.05, 3.63) is 0 Å². The highest BCUT2D eigenvalue weighted by Crippen LogP contribution is 2.22. The summed E-state index contributed by atoms with van der Waals surface area (Å²) >= 11 is 0. The lowest BCUT2D eigenvalue weighted by Gasteiger charge is -2.37. The topological polar surface area (TPSA) is 52.6 Å². The van der Waals surface area contributed by atoms with Crippen molar-refractivity contribution in [3.8, 4) is 0 Å². The number of carbonyl (C=O) groups excluding carboxylic acids is 1. The van der Waals surface area contributed by atoms with E-state index in [0.717, 1.165) is 13.1 Å². The van der Waals surface area contributed by atoms with Crippen LogP contribution in [0.3, 0.4) is 0 Å². The van der Waals surface area contributed by atoms with Crippen molar-refractivity contribution in [2.24, 2.45) is 5.92 Å². The first-order valence-electron chi connectivity index (χ1n) is 6.18. The number of piperidine rings is 1. The maximum atomic E-state index is 12.0. The van der Waals surface area contributed by atoms with E-state index in [2.05, 4.69) is 5.32 Å². The quantitative estimate of drug-likeness (QED) is 0.741. The summed E-state index contributed by atoms with van der Waals surface area (Å²) in [6.07, 6.45) is 1.37. The lowest BCUT2D eigenvalue weighted by atomic mass is 9.93. The number of amides is 1. The van der Waals surface area contributed by atoms with E-state index < -0.39 is 5.60 Å². The summed E-state index contributed by atoms with van der Waals surface area (Å²) in [5, 5.41) is 13.0. The van der Waals surface area contributed by atoms with Gasteiger partial charge < -0.3 is 15.3 Å². The number of nitrogens with zero attached hydrogens (tertiary/aromatic N) is 1. The third kappa shape index (κ3) is 3.76. The Hall–Kier alpha value is -0.610. The molecule has 1 atom stereocenters. The van der Waals surface area contributed by atoms with Crippen LogP contribution in [0, 0.1) is 5.92 Å². The minimum Gasteiger partial charge on any atom is -0.390 e. The summed E-state index contributed by atoms with van der Waals surface area (Å²) in [6, 6.07) is 0. The van der Waals surface area contributed by atoms with Gasteiger partial charge in [0.25, 0.3) is 0 Å². The number of rotatable bonds is 4. The first-order valence-corrected chi connectivity index (χ1v) is 6.18. The van der Waals surface area contributed by atoms with Crippen LogP contribution < -0.4 is 5.32 Å². The Kier molecular flexibility index (Phi) is 4.74. The molecule has 0 aromatic heterocycles. The van der Waals surface area contributed by atoms with Crippen LogP contribution >= 0.6 is 0 Å². The molecule has 2 N–H and O–H groups in total. The van der Waals surface area contributed by atoms with E-state index in [1.807, 2.05) is 25.7 Å². The summed E-state index contributed by atoms with van der Waals surface area (Å²) < 4.78 is 0. The van der Waals surface area contributed by atoms with E-state index in [1.165, 1.54) is 0 Å². The Balaban J connectivity index is 2.38. The molecule has 1 amide bonds. The highest BCUT2D eigenvalue weighted by Gasteiger charge is 2.30. The monoisotopic (exact) mass is 228 g/mol. The predicted molar refractivity (Wildman–Crippen MR) is 64.1 cm³/mol. The van der Waals surface area contributed by atoms with Gasteiger partial charge in [0.05, 0.1) is 5.60 Å². The Morgan fingerprint density at radius 1 is 1.50 bits per heavy atom. The highest BCUT2D eigenvalue weighted by molar-refractivity contribution is 5.78. The smallest absolute Gasteiger partial charge is 0.226 e. The lowest BCUT2D eigenvalue weighted by molar-refractivity contribution is -0.138. The Morgan fingerprint density at radius 2 is 2.06 bits per heavy atom. The summed E-state index contributed by atoms with van der Waals surface area (Å²) in [5.74, 6) is 0.236. The summed E-state index contributed by atoms with van der Waals surface area (Å²) in [4.78, 5) is 13.9. The standard InChI is InChI=1S/C12H24N2O2/c1-4-13-9-10(2)11(15)14-7-5-12(3,16)6-8-14/h10,13,16H,4-9H2,1-3H3. The van der Waals surface area contributed by atoms with Gasteiger partial charge >= 0.3 is 0 Å². The maximum absolute atomic E-state index is 12.0. The highest BCUT2D eigenvalue weighted by atomic mass is 16.3. The zero-order valence-electron chi connectivity index (χ0n) is 10.6. The molecule has 0 spiro atoms. The van der Waals surface area contributed by atoms with Crippen LogP contribution in [0.1, 0.15) is 33.6 Å². The first-order chi connectivity index (χ1) is 7.46. The molecule has 1 unspecified atom stereocenters. The van der Waals surface area contributed by atoms with E-state index in [1.54, 1.807) is 0 Å². The molecule has 0 aromatic rings. The molecule has 94 valence electrons. The van der Waals surface area contributed by atoms with Gasteiger partial charge in [0, 0.05) is 25.6 Å². The lowest BCUT2D eigenvalue weighted by Crippen LogP contribution is -2.48. The fourth-order valence-electron chi connectivity index (χ4n) is 1.97. The average Bonchev–Trinajstić information content (AvgIpc) is 2.25. The van der Waals surface area contributed by atoms with Crippen LogP contribution in [0.4, 0.5) is 0 Å². The number of nitrogens with one attached hydrogen (secondary N) is 1. The predicted octanol–water partition coefficient (Wildman–Crippen LogP) is 0.605. The molecule has 1 saturated heterocycles. The third-order valence-corrected chi connectivity index (χ3v) is 3.27. The molecule has 4 heteroatoms. The van der Waals surface area contributed by atoms with E-state index in [-0.39, 0.29) is 11.8 Å². The van der Waals surface area contributed by atoms with Gasteiger partial charge in [-0.15, -0.1) is 0 Å². The third-order valence-electron chi connectivity index (χ3n) is 3.27.